The van der Waals surface area contributed by atoms with Crippen LogP contribution in [0.15, 0.2) is 41.3 Å². The second-order valence-electron chi connectivity index (χ2n) is 5.75. The molecular formula is C18H17BrF3NS. The molecule has 0 amide bonds. The van der Waals surface area contributed by atoms with Crippen LogP contribution in [0.2, 0.25) is 0 Å². The topological polar surface area (TPSA) is 3.24 Å². The summed E-state index contributed by atoms with van der Waals surface area (Å²) in [6, 6.07) is 9.55. The van der Waals surface area contributed by atoms with E-state index in [1.807, 2.05) is 11.0 Å². The summed E-state index contributed by atoms with van der Waals surface area (Å²) in [7, 11) is 0. The lowest BCUT2D eigenvalue weighted by Crippen LogP contribution is -2.35. The minimum atomic E-state index is -0.516. The van der Waals surface area contributed by atoms with Crippen LogP contribution in [-0.4, -0.2) is 18.3 Å². The average Bonchev–Trinajstić information content (AvgIpc) is 2.56. The quantitative estimate of drug-likeness (QED) is 0.583. The third-order valence-electron chi connectivity index (χ3n) is 4.19. The molecule has 0 aliphatic carbocycles. The monoisotopic (exact) mass is 415 g/mol. The molecule has 2 aromatic carbocycles. The van der Waals surface area contributed by atoms with Gasteiger partial charge in [-0.05, 0) is 37.1 Å². The van der Waals surface area contributed by atoms with Crippen molar-refractivity contribution >= 4 is 33.4 Å². The summed E-state index contributed by atoms with van der Waals surface area (Å²) >= 11 is 4.59. The summed E-state index contributed by atoms with van der Waals surface area (Å²) in [5.74, 6) is -1.24. The number of thioether (sulfide) groups is 1. The molecule has 0 atom stereocenters. The maximum atomic E-state index is 13.9. The van der Waals surface area contributed by atoms with Gasteiger partial charge in [0.05, 0.1) is 5.69 Å². The van der Waals surface area contributed by atoms with Gasteiger partial charge in [0.25, 0.3) is 0 Å². The van der Waals surface area contributed by atoms with Gasteiger partial charge in [-0.3, -0.25) is 0 Å². The predicted octanol–water partition coefficient (Wildman–Crippen LogP) is 5.76. The minimum Gasteiger partial charge on any atom is -0.369 e. The highest BCUT2D eigenvalue weighted by atomic mass is 79.9. The maximum Gasteiger partial charge on any atom is 0.146 e. The number of rotatable bonds is 4. The minimum absolute atomic E-state index is 0.0636. The fourth-order valence-electron chi connectivity index (χ4n) is 2.89. The molecule has 0 radical (unpaired) electrons. The summed E-state index contributed by atoms with van der Waals surface area (Å²) in [6.45, 7) is 1.48. The maximum absolute atomic E-state index is 13.9. The van der Waals surface area contributed by atoms with Crippen LogP contribution in [0.25, 0.3) is 0 Å². The molecule has 0 aromatic heterocycles. The van der Waals surface area contributed by atoms with Gasteiger partial charge in [-0.1, -0.05) is 28.1 Å². The van der Waals surface area contributed by atoms with Crippen LogP contribution in [0.1, 0.15) is 18.4 Å². The molecule has 0 saturated carbocycles. The molecule has 0 spiro atoms. The first-order chi connectivity index (χ1) is 11.6. The number of para-hydroxylation sites is 1. The number of halogens is 4. The van der Waals surface area contributed by atoms with Crippen LogP contribution in [-0.2, 0) is 5.33 Å². The summed E-state index contributed by atoms with van der Waals surface area (Å²) in [5.41, 5.74) is 0.688. The third kappa shape index (κ3) is 3.91. The van der Waals surface area contributed by atoms with Crippen molar-refractivity contribution in [3.63, 3.8) is 0 Å². The summed E-state index contributed by atoms with van der Waals surface area (Å²) in [6.07, 6.45) is 1.70. The van der Waals surface area contributed by atoms with E-state index in [1.54, 1.807) is 12.1 Å². The van der Waals surface area contributed by atoms with E-state index in [2.05, 4.69) is 15.9 Å². The van der Waals surface area contributed by atoms with Gasteiger partial charge in [0, 0.05) is 34.1 Å². The van der Waals surface area contributed by atoms with Crippen molar-refractivity contribution in [1.82, 2.24) is 0 Å². The zero-order valence-corrected chi connectivity index (χ0v) is 15.3. The summed E-state index contributed by atoms with van der Waals surface area (Å²) in [4.78, 5) is 2.64. The zero-order chi connectivity index (χ0) is 17.1. The normalized spacial score (nSPS) is 15.8. The van der Waals surface area contributed by atoms with Crippen molar-refractivity contribution < 1.29 is 13.2 Å². The fraction of sp³-hybridized carbons (Fsp3) is 0.333. The Morgan fingerprint density at radius 2 is 1.62 bits per heavy atom. The van der Waals surface area contributed by atoms with Crippen molar-refractivity contribution in [3.05, 3.63) is 59.4 Å². The molecule has 0 unspecified atom stereocenters. The van der Waals surface area contributed by atoms with Crippen molar-refractivity contribution in [3.8, 4) is 0 Å². The van der Waals surface area contributed by atoms with E-state index in [9.17, 15) is 13.2 Å². The molecule has 2 aromatic rings. The van der Waals surface area contributed by atoms with Crippen LogP contribution in [0.4, 0.5) is 18.9 Å². The first-order valence-corrected chi connectivity index (χ1v) is 9.78. The Hall–Kier alpha value is -1.14. The average molecular weight is 416 g/mol. The van der Waals surface area contributed by atoms with Gasteiger partial charge in [-0.2, -0.15) is 0 Å². The number of anilines is 1. The van der Waals surface area contributed by atoms with Gasteiger partial charge >= 0.3 is 0 Å². The molecule has 0 bridgehead atoms. The second-order valence-corrected chi connectivity index (χ2v) is 7.69. The Bertz CT molecular complexity index is 694. The van der Waals surface area contributed by atoms with Gasteiger partial charge in [0.2, 0.25) is 0 Å². The summed E-state index contributed by atoms with van der Waals surface area (Å²) in [5, 5.41) is 0.443. The first-order valence-electron chi connectivity index (χ1n) is 7.78. The van der Waals surface area contributed by atoms with E-state index in [0.29, 0.717) is 10.6 Å². The van der Waals surface area contributed by atoms with Gasteiger partial charge in [0.15, 0.2) is 0 Å². The first kappa shape index (κ1) is 17.7. The SMILES string of the molecule is Fc1ccccc1N1CCC(Sc2cc(F)c(CBr)c(F)c2)CC1. The largest absolute Gasteiger partial charge is 0.369 e. The Morgan fingerprint density at radius 1 is 1.00 bits per heavy atom. The number of hydrogen-bond acceptors (Lipinski definition) is 2. The lowest BCUT2D eigenvalue weighted by atomic mass is 10.1. The molecule has 1 aliphatic rings. The number of nitrogens with zero attached hydrogens (tertiary/aromatic N) is 1. The molecule has 24 heavy (non-hydrogen) atoms. The lowest BCUT2D eigenvalue weighted by molar-refractivity contribution is 0.558. The van der Waals surface area contributed by atoms with E-state index >= 15 is 0 Å². The van der Waals surface area contributed by atoms with Crippen molar-refractivity contribution in [2.75, 3.05) is 18.0 Å². The van der Waals surface area contributed by atoms with E-state index in [4.69, 9.17) is 0 Å². The fourth-order valence-corrected chi connectivity index (χ4v) is 4.60. The van der Waals surface area contributed by atoms with Crippen LogP contribution >= 0.6 is 27.7 Å². The molecule has 1 fully saturated rings. The molecule has 0 N–H and O–H groups in total. The predicted molar refractivity (Wildman–Crippen MR) is 96.5 cm³/mol. The van der Waals surface area contributed by atoms with Gasteiger partial charge < -0.3 is 4.90 Å². The van der Waals surface area contributed by atoms with Gasteiger partial charge in [0.1, 0.15) is 17.5 Å². The smallest absolute Gasteiger partial charge is 0.146 e. The Morgan fingerprint density at radius 3 is 2.21 bits per heavy atom. The molecular weight excluding hydrogens is 399 g/mol. The number of benzene rings is 2. The molecule has 1 heterocycles. The highest BCUT2D eigenvalue weighted by molar-refractivity contribution is 9.08. The van der Waals surface area contributed by atoms with Crippen molar-refractivity contribution in [2.45, 2.75) is 28.3 Å². The van der Waals surface area contributed by atoms with Crippen LogP contribution in [0, 0.1) is 17.5 Å². The Kier molecular flexibility index (Phi) is 5.76. The van der Waals surface area contributed by atoms with Gasteiger partial charge in [-0.15, -0.1) is 11.8 Å². The van der Waals surface area contributed by atoms with E-state index in [-0.39, 0.29) is 22.0 Å². The summed E-state index contributed by atoms with van der Waals surface area (Å²) < 4.78 is 41.6. The zero-order valence-electron chi connectivity index (χ0n) is 12.9. The number of piperidine rings is 1. The molecule has 1 saturated heterocycles. The second kappa shape index (κ2) is 7.83. The Balaban J connectivity index is 1.63. The molecule has 128 valence electrons. The standard InChI is InChI=1S/C18H17BrF3NS/c19-11-14-16(21)9-13(10-17(14)22)24-12-5-7-23(8-6-12)18-4-2-1-3-15(18)20/h1-4,9-10,12H,5-8,11H2. The van der Waals surface area contributed by atoms with E-state index in [0.717, 1.165) is 25.9 Å². The third-order valence-corrected chi connectivity index (χ3v) is 6.06. The molecule has 1 aliphatic heterocycles. The lowest BCUT2D eigenvalue weighted by Gasteiger charge is -2.33. The number of hydrogen-bond donors (Lipinski definition) is 0. The van der Waals surface area contributed by atoms with Crippen molar-refractivity contribution in [2.24, 2.45) is 0 Å². The van der Waals surface area contributed by atoms with Crippen molar-refractivity contribution in [1.29, 1.82) is 0 Å². The van der Waals surface area contributed by atoms with Crippen LogP contribution in [0.3, 0.4) is 0 Å². The van der Waals surface area contributed by atoms with E-state index in [1.165, 1.54) is 30.0 Å². The molecule has 1 nitrogen and oxygen atoms in total. The van der Waals surface area contributed by atoms with Crippen LogP contribution < -0.4 is 4.90 Å². The van der Waals surface area contributed by atoms with Crippen LogP contribution in [0.5, 0.6) is 0 Å². The Labute approximate surface area is 152 Å². The molecule has 3 rings (SSSR count). The van der Waals surface area contributed by atoms with E-state index < -0.39 is 11.6 Å². The number of alkyl halides is 1. The highest BCUT2D eigenvalue weighted by Gasteiger charge is 2.22. The molecule has 6 heteroatoms. The highest BCUT2D eigenvalue weighted by Crippen LogP contribution is 2.34. The van der Waals surface area contributed by atoms with Gasteiger partial charge in [-0.25, -0.2) is 13.2 Å².